The Morgan fingerprint density at radius 2 is 1.85 bits per heavy atom. The Morgan fingerprint density at radius 1 is 1.23 bits per heavy atom. The minimum Gasteiger partial charge on any atom is -0.598 e. The first kappa shape index (κ1) is 21.8. The summed E-state index contributed by atoms with van der Waals surface area (Å²) in [6.45, 7) is 8.24. The summed E-state index contributed by atoms with van der Waals surface area (Å²) in [5.74, 6) is 0.520. The van der Waals surface area contributed by atoms with Crippen LogP contribution in [-0.4, -0.2) is 15.5 Å². The van der Waals surface area contributed by atoms with Gasteiger partial charge in [0, 0.05) is 11.4 Å². The van der Waals surface area contributed by atoms with E-state index >= 15 is 0 Å². The Kier molecular flexibility index (Phi) is 8.56. The van der Waals surface area contributed by atoms with Gasteiger partial charge < -0.3 is 4.55 Å². The van der Waals surface area contributed by atoms with Crippen LogP contribution in [0.4, 0.5) is 0 Å². The molecule has 0 radical (unpaired) electrons. The molecule has 0 aromatic heterocycles. The monoisotopic (exact) mass is 398 g/mol. The fourth-order valence-corrected chi connectivity index (χ4v) is 4.64. The topological polar surface area (TPSA) is 61.4 Å². The van der Waals surface area contributed by atoms with E-state index in [0.717, 1.165) is 5.56 Å². The van der Waals surface area contributed by atoms with Gasteiger partial charge in [0.15, 0.2) is 6.16 Å². The normalized spacial score (nSPS) is 19.2. The average molecular weight is 399 g/mol. The van der Waals surface area contributed by atoms with Gasteiger partial charge in [-0.3, -0.25) is 0 Å². The van der Waals surface area contributed by atoms with Gasteiger partial charge in [0.25, 0.3) is 0 Å². The van der Waals surface area contributed by atoms with Crippen LogP contribution in [0.15, 0.2) is 24.3 Å². The van der Waals surface area contributed by atoms with E-state index in [-0.39, 0.29) is 10.8 Å². The number of benzene rings is 1. The molecular formula is C20H33NO3PS+. The van der Waals surface area contributed by atoms with Crippen LogP contribution in [0.3, 0.4) is 0 Å². The van der Waals surface area contributed by atoms with Crippen LogP contribution in [0.25, 0.3) is 0 Å². The highest BCUT2D eigenvalue weighted by Crippen LogP contribution is 2.36. The van der Waals surface area contributed by atoms with Gasteiger partial charge in [0.2, 0.25) is 0 Å². The molecule has 0 saturated heterocycles. The van der Waals surface area contributed by atoms with Crippen molar-refractivity contribution in [2.24, 2.45) is 5.92 Å². The quantitative estimate of drug-likeness (QED) is 0.455. The molecule has 0 heterocycles. The molecule has 1 N–H and O–H groups in total. The Bertz CT molecular complexity index is 567. The maximum atomic E-state index is 12.7. The maximum absolute atomic E-state index is 12.7. The van der Waals surface area contributed by atoms with Crippen molar-refractivity contribution >= 4 is 19.4 Å². The molecule has 146 valence electrons. The second-order valence-corrected chi connectivity index (χ2v) is 11.6. The lowest BCUT2D eigenvalue weighted by Gasteiger charge is -2.34. The van der Waals surface area contributed by atoms with Crippen LogP contribution in [0.1, 0.15) is 77.0 Å². The molecule has 0 spiro atoms. The largest absolute Gasteiger partial charge is 0.598 e. The van der Waals surface area contributed by atoms with Crippen molar-refractivity contribution in [2.45, 2.75) is 77.2 Å². The summed E-state index contributed by atoms with van der Waals surface area (Å²) in [6, 6.07) is 8.38. The number of hydrogen-bond donors (Lipinski definition) is 1. The van der Waals surface area contributed by atoms with Crippen molar-refractivity contribution in [3.8, 4) is 0 Å². The zero-order chi connectivity index (χ0) is 19.2. The van der Waals surface area contributed by atoms with Gasteiger partial charge in [-0.2, -0.15) is 0 Å². The molecule has 26 heavy (non-hydrogen) atoms. The van der Waals surface area contributed by atoms with Gasteiger partial charge >= 0.3 is 8.03 Å². The van der Waals surface area contributed by atoms with E-state index in [0.29, 0.717) is 18.7 Å². The molecule has 1 saturated carbocycles. The zero-order valence-corrected chi connectivity index (χ0v) is 18.2. The average Bonchev–Trinajstić information content (AvgIpc) is 2.64. The second kappa shape index (κ2) is 10.2. The van der Waals surface area contributed by atoms with Gasteiger partial charge in [-0.05, 0) is 62.1 Å². The summed E-state index contributed by atoms with van der Waals surface area (Å²) in [5, 5.41) is 0. The highest BCUT2D eigenvalue weighted by molar-refractivity contribution is 7.90. The van der Waals surface area contributed by atoms with Crippen LogP contribution < -0.4 is 4.72 Å². The second-order valence-electron chi connectivity index (χ2n) is 8.04. The molecule has 0 bridgehead atoms. The minimum absolute atomic E-state index is 0.109. The molecule has 1 aromatic carbocycles. The number of rotatable bonds is 8. The lowest BCUT2D eigenvalue weighted by molar-refractivity contribution is 0.292. The fraction of sp³-hybridized carbons (Fsp3) is 0.700. The van der Waals surface area contributed by atoms with Gasteiger partial charge in [0.05, 0.1) is 6.04 Å². The summed E-state index contributed by atoms with van der Waals surface area (Å²) in [7, 11) is -1.56. The molecule has 2 unspecified atom stereocenters. The van der Waals surface area contributed by atoms with E-state index in [9.17, 15) is 9.12 Å². The van der Waals surface area contributed by atoms with Gasteiger partial charge in [-0.25, -0.2) is 0 Å². The molecule has 4 nitrogen and oxygen atoms in total. The SMILES string of the molecule is CC[P+](=O)OCc1ccc([C@@H](N[S+]([O-])C(C)(C)C)C2CCCCC2)cc1. The molecule has 3 atom stereocenters. The first-order chi connectivity index (χ1) is 12.3. The number of hydrogen-bond acceptors (Lipinski definition) is 4. The van der Waals surface area contributed by atoms with E-state index < -0.39 is 19.4 Å². The predicted octanol–water partition coefficient (Wildman–Crippen LogP) is 5.64. The summed E-state index contributed by atoms with van der Waals surface area (Å²) < 4.78 is 32.7. The Hall–Kier alpha value is -0.450. The molecule has 1 aromatic rings. The standard InChI is InChI=1S/C20H33NO3PS/c1-5-25(22)24-15-16-11-13-18(14-12-16)19(17-9-7-6-8-10-17)21-26(23)20(2,3)4/h11-14,17,19,21H,5-10,15H2,1-4H3/q+1/t19-,26?/m0/s1. The summed E-state index contributed by atoms with van der Waals surface area (Å²) >= 11 is -1.10. The lowest BCUT2D eigenvalue weighted by Crippen LogP contribution is -2.43. The van der Waals surface area contributed by atoms with E-state index in [1.165, 1.54) is 37.7 Å². The van der Waals surface area contributed by atoms with Crippen molar-refractivity contribution in [1.29, 1.82) is 0 Å². The third-order valence-electron chi connectivity index (χ3n) is 4.88. The van der Waals surface area contributed by atoms with Crippen molar-refractivity contribution in [3.63, 3.8) is 0 Å². The van der Waals surface area contributed by atoms with E-state index in [1.54, 1.807) is 0 Å². The predicted molar refractivity (Wildman–Crippen MR) is 110 cm³/mol. The molecule has 1 fully saturated rings. The Balaban J connectivity index is 2.12. The summed E-state index contributed by atoms with van der Waals surface area (Å²) in [5.41, 5.74) is 2.20. The lowest BCUT2D eigenvalue weighted by atomic mass is 9.81. The Labute approximate surface area is 162 Å². The summed E-state index contributed by atoms with van der Waals surface area (Å²) in [4.78, 5) is 0. The Morgan fingerprint density at radius 3 is 2.38 bits per heavy atom. The fourth-order valence-electron chi connectivity index (χ4n) is 3.26. The first-order valence-corrected chi connectivity index (χ1v) is 12.2. The highest BCUT2D eigenvalue weighted by Gasteiger charge is 2.34. The van der Waals surface area contributed by atoms with Gasteiger partial charge in [-0.15, -0.1) is 9.25 Å². The van der Waals surface area contributed by atoms with Crippen LogP contribution >= 0.6 is 8.03 Å². The smallest absolute Gasteiger partial charge is 0.508 e. The summed E-state index contributed by atoms with van der Waals surface area (Å²) in [6.07, 6.45) is 6.71. The molecule has 6 heteroatoms. The van der Waals surface area contributed by atoms with Crippen molar-refractivity contribution in [3.05, 3.63) is 35.4 Å². The molecule has 0 aliphatic heterocycles. The van der Waals surface area contributed by atoms with Crippen molar-refractivity contribution in [2.75, 3.05) is 6.16 Å². The molecule has 1 aliphatic carbocycles. The van der Waals surface area contributed by atoms with Crippen LogP contribution in [0.5, 0.6) is 0 Å². The van der Waals surface area contributed by atoms with Crippen molar-refractivity contribution in [1.82, 2.24) is 4.72 Å². The minimum atomic E-state index is -1.56. The molecule has 0 amide bonds. The third-order valence-corrected chi connectivity index (χ3v) is 7.40. The van der Waals surface area contributed by atoms with E-state index in [2.05, 4.69) is 16.9 Å². The van der Waals surface area contributed by atoms with Gasteiger partial charge in [0.1, 0.15) is 11.4 Å². The highest BCUT2D eigenvalue weighted by atomic mass is 32.2. The van der Waals surface area contributed by atoms with E-state index in [1.807, 2.05) is 39.8 Å². The van der Waals surface area contributed by atoms with Crippen LogP contribution in [0.2, 0.25) is 0 Å². The van der Waals surface area contributed by atoms with Crippen LogP contribution in [-0.2, 0) is 27.1 Å². The van der Waals surface area contributed by atoms with Crippen molar-refractivity contribution < 1.29 is 13.6 Å². The van der Waals surface area contributed by atoms with E-state index in [4.69, 9.17) is 4.52 Å². The molecule has 1 aliphatic rings. The molecular weight excluding hydrogens is 365 g/mol. The first-order valence-electron chi connectivity index (χ1n) is 9.65. The van der Waals surface area contributed by atoms with Crippen LogP contribution in [0, 0.1) is 5.92 Å². The number of nitrogens with one attached hydrogen (secondary N) is 1. The van der Waals surface area contributed by atoms with Gasteiger partial charge in [-0.1, -0.05) is 43.5 Å². The third kappa shape index (κ3) is 6.61. The molecule has 2 rings (SSSR count). The maximum Gasteiger partial charge on any atom is 0.508 e. The zero-order valence-electron chi connectivity index (χ0n) is 16.5.